The molecule has 2 heterocycles. The molecule has 3 aromatic rings. The summed E-state index contributed by atoms with van der Waals surface area (Å²) in [7, 11) is 1.70. The van der Waals surface area contributed by atoms with Crippen molar-refractivity contribution in [2.75, 3.05) is 26.8 Å². The van der Waals surface area contributed by atoms with E-state index in [0.717, 1.165) is 44.4 Å². The van der Waals surface area contributed by atoms with Crippen LogP contribution < -0.4 is 4.74 Å². The molecule has 0 radical (unpaired) electrons. The zero-order chi connectivity index (χ0) is 17.9. The van der Waals surface area contributed by atoms with E-state index in [1.54, 1.807) is 7.11 Å². The van der Waals surface area contributed by atoms with Crippen molar-refractivity contribution in [3.8, 4) is 5.75 Å². The SMILES string of the molecule is CCn1ccnc1CN1CCO[C@@H](c2ccc3cc(OC)ccc3c2)C1. The standard InChI is InChI=1S/C21H25N3O2/c1-3-24-9-8-22-21(24)15-23-10-11-26-20(14-23)18-5-4-17-13-19(25-2)7-6-16(17)12-18/h4-9,12-13,20H,3,10-11,14-15H2,1-2H3/t20-/m1/s1. The molecule has 1 fully saturated rings. The molecule has 0 N–H and O–H groups in total. The van der Waals surface area contributed by atoms with Crippen LogP contribution in [0.1, 0.15) is 24.4 Å². The monoisotopic (exact) mass is 351 g/mol. The fourth-order valence-corrected chi connectivity index (χ4v) is 3.60. The smallest absolute Gasteiger partial charge is 0.122 e. The minimum absolute atomic E-state index is 0.0975. The Kier molecular flexibility index (Phi) is 4.91. The Morgan fingerprint density at radius 1 is 1.19 bits per heavy atom. The summed E-state index contributed by atoms with van der Waals surface area (Å²) in [5.41, 5.74) is 1.23. The highest BCUT2D eigenvalue weighted by molar-refractivity contribution is 5.84. The molecule has 5 nitrogen and oxygen atoms in total. The van der Waals surface area contributed by atoms with Crippen molar-refractivity contribution in [3.63, 3.8) is 0 Å². The van der Waals surface area contributed by atoms with Gasteiger partial charge in [-0.05, 0) is 41.5 Å². The van der Waals surface area contributed by atoms with Crippen LogP contribution in [-0.2, 0) is 17.8 Å². The topological polar surface area (TPSA) is 39.5 Å². The maximum atomic E-state index is 6.07. The second-order valence-corrected chi connectivity index (χ2v) is 6.70. The number of hydrogen-bond donors (Lipinski definition) is 0. The Morgan fingerprint density at radius 2 is 2.04 bits per heavy atom. The highest BCUT2D eigenvalue weighted by atomic mass is 16.5. The molecule has 4 rings (SSSR count). The average Bonchev–Trinajstić information content (AvgIpc) is 3.14. The van der Waals surface area contributed by atoms with Gasteiger partial charge in [0.15, 0.2) is 0 Å². The second kappa shape index (κ2) is 7.48. The highest BCUT2D eigenvalue weighted by Crippen LogP contribution is 2.28. The van der Waals surface area contributed by atoms with Crippen LogP contribution >= 0.6 is 0 Å². The molecule has 26 heavy (non-hydrogen) atoms. The number of rotatable bonds is 5. The number of ether oxygens (including phenoxy) is 2. The van der Waals surface area contributed by atoms with Gasteiger partial charge >= 0.3 is 0 Å². The molecule has 1 aliphatic heterocycles. The molecule has 0 unspecified atom stereocenters. The van der Waals surface area contributed by atoms with Crippen molar-refractivity contribution in [1.82, 2.24) is 14.5 Å². The predicted molar refractivity (Wildman–Crippen MR) is 102 cm³/mol. The van der Waals surface area contributed by atoms with Crippen LogP contribution in [0.2, 0.25) is 0 Å². The number of morpholine rings is 1. The lowest BCUT2D eigenvalue weighted by Gasteiger charge is -2.33. The Hall–Kier alpha value is -2.37. The van der Waals surface area contributed by atoms with Gasteiger partial charge < -0.3 is 14.0 Å². The third-order valence-corrected chi connectivity index (χ3v) is 5.10. The van der Waals surface area contributed by atoms with Gasteiger partial charge in [0.25, 0.3) is 0 Å². The Labute approximate surface area is 154 Å². The lowest BCUT2D eigenvalue weighted by atomic mass is 10.0. The third kappa shape index (κ3) is 3.45. The minimum atomic E-state index is 0.0975. The third-order valence-electron chi connectivity index (χ3n) is 5.10. The fraction of sp³-hybridized carbons (Fsp3) is 0.381. The lowest BCUT2D eigenvalue weighted by Crippen LogP contribution is -2.38. The molecular formula is C21H25N3O2. The first-order valence-corrected chi connectivity index (χ1v) is 9.18. The number of hydrogen-bond acceptors (Lipinski definition) is 4. The number of nitrogens with zero attached hydrogens (tertiary/aromatic N) is 3. The Balaban J connectivity index is 1.51. The highest BCUT2D eigenvalue weighted by Gasteiger charge is 2.23. The van der Waals surface area contributed by atoms with Crippen molar-refractivity contribution in [2.24, 2.45) is 0 Å². The fourth-order valence-electron chi connectivity index (χ4n) is 3.60. The lowest BCUT2D eigenvalue weighted by molar-refractivity contribution is -0.0338. The predicted octanol–water partition coefficient (Wildman–Crippen LogP) is 3.64. The molecular weight excluding hydrogens is 326 g/mol. The van der Waals surface area contributed by atoms with E-state index in [-0.39, 0.29) is 6.10 Å². The van der Waals surface area contributed by atoms with Gasteiger partial charge in [-0.3, -0.25) is 4.90 Å². The van der Waals surface area contributed by atoms with Gasteiger partial charge in [0, 0.05) is 32.0 Å². The molecule has 0 aliphatic carbocycles. The van der Waals surface area contributed by atoms with Gasteiger partial charge in [-0.25, -0.2) is 4.98 Å². The van der Waals surface area contributed by atoms with Crippen LogP contribution in [0.5, 0.6) is 5.75 Å². The van der Waals surface area contributed by atoms with Gasteiger partial charge in [-0.2, -0.15) is 0 Å². The van der Waals surface area contributed by atoms with Crippen molar-refractivity contribution in [2.45, 2.75) is 26.1 Å². The molecule has 5 heteroatoms. The number of imidazole rings is 1. The minimum Gasteiger partial charge on any atom is -0.497 e. The van der Waals surface area contributed by atoms with Gasteiger partial charge in [0.2, 0.25) is 0 Å². The average molecular weight is 351 g/mol. The van der Waals surface area contributed by atoms with Crippen LogP contribution in [0.25, 0.3) is 10.8 Å². The maximum Gasteiger partial charge on any atom is 0.122 e. The summed E-state index contributed by atoms with van der Waals surface area (Å²) >= 11 is 0. The quantitative estimate of drug-likeness (QED) is 0.704. The van der Waals surface area contributed by atoms with Gasteiger partial charge in [0.1, 0.15) is 11.6 Å². The van der Waals surface area contributed by atoms with Crippen LogP contribution in [-0.4, -0.2) is 41.3 Å². The Morgan fingerprint density at radius 3 is 2.88 bits per heavy atom. The van der Waals surface area contributed by atoms with E-state index < -0.39 is 0 Å². The summed E-state index contributed by atoms with van der Waals surface area (Å²) in [6.07, 6.45) is 4.03. The number of aryl methyl sites for hydroxylation is 1. The summed E-state index contributed by atoms with van der Waals surface area (Å²) in [6, 6.07) is 12.7. The molecule has 0 bridgehead atoms. The van der Waals surface area contributed by atoms with E-state index in [2.05, 4.69) is 51.7 Å². The van der Waals surface area contributed by atoms with Crippen LogP contribution in [0.4, 0.5) is 0 Å². The van der Waals surface area contributed by atoms with E-state index in [0.29, 0.717) is 0 Å². The van der Waals surface area contributed by atoms with Crippen LogP contribution in [0.3, 0.4) is 0 Å². The van der Waals surface area contributed by atoms with Gasteiger partial charge in [-0.15, -0.1) is 0 Å². The first-order chi connectivity index (χ1) is 12.8. The zero-order valence-electron chi connectivity index (χ0n) is 15.4. The van der Waals surface area contributed by atoms with E-state index in [9.17, 15) is 0 Å². The molecule has 0 saturated carbocycles. The number of methoxy groups -OCH3 is 1. The largest absolute Gasteiger partial charge is 0.497 e. The summed E-state index contributed by atoms with van der Waals surface area (Å²) in [5, 5.41) is 2.40. The summed E-state index contributed by atoms with van der Waals surface area (Å²) in [5.74, 6) is 2.01. The van der Waals surface area contributed by atoms with Crippen molar-refractivity contribution in [1.29, 1.82) is 0 Å². The van der Waals surface area contributed by atoms with Crippen LogP contribution in [0.15, 0.2) is 48.8 Å². The molecule has 1 saturated heterocycles. The summed E-state index contributed by atoms with van der Waals surface area (Å²) in [4.78, 5) is 6.94. The normalized spacial score (nSPS) is 18.3. The maximum absolute atomic E-state index is 6.07. The Bertz CT molecular complexity index is 890. The molecule has 136 valence electrons. The molecule has 0 amide bonds. The zero-order valence-corrected chi connectivity index (χ0v) is 15.4. The van der Waals surface area contributed by atoms with E-state index in [1.165, 1.54) is 16.3 Å². The van der Waals surface area contributed by atoms with Gasteiger partial charge in [-0.1, -0.05) is 18.2 Å². The number of aromatic nitrogens is 2. The van der Waals surface area contributed by atoms with Crippen molar-refractivity contribution in [3.05, 3.63) is 60.2 Å². The first kappa shape index (κ1) is 17.1. The van der Waals surface area contributed by atoms with E-state index in [4.69, 9.17) is 9.47 Å². The van der Waals surface area contributed by atoms with E-state index in [1.807, 2.05) is 18.5 Å². The summed E-state index contributed by atoms with van der Waals surface area (Å²) < 4.78 is 13.6. The van der Waals surface area contributed by atoms with E-state index >= 15 is 0 Å². The number of fused-ring (bicyclic) bond motifs is 1. The first-order valence-electron chi connectivity index (χ1n) is 9.18. The summed E-state index contributed by atoms with van der Waals surface area (Å²) in [6.45, 7) is 6.55. The number of benzene rings is 2. The molecule has 1 aromatic heterocycles. The molecule has 1 aliphatic rings. The van der Waals surface area contributed by atoms with Crippen molar-refractivity contribution < 1.29 is 9.47 Å². The molecule has 0 spiro atoms. The molecule has 2 aromatic carbocycles. The van der Waals surface area contributed by atoms with Crippen LogP contribution in [0, 0.1) is 0 Å². The second-order valence-electron chi connectivity index (χ2n) is 6.70. The van der Waals surface area contributed by atoms with Gasteiger partial charge in [0.05, 0.1) is 26.4 Å². The molecule has 1 atom stereocenters. The van der Waals surface area contributed by atoms with Crippen molar-refractivity contribution >= 4 is 10.8 Å².